The highest BCUT2D eigenvalue weighted by atomic mass is 16.5. The lowest BCUT2D eigenvalue weighted by atomic mass is 9.91. The van der Waals surface area contributed by atoms with E-state index in [1.54, 1.807) is 14.0 Å². The molecule has 0 bridgehead atoms. The minimum atomic E-state index is -0.744. The number of rotatable bonds is 4. The minimum Gasteiger partial charge on any atom is -0.480 e. The molecule has 0 aromatic rings. The fourth-order valence-corrected chi connectivity index (χ4v) is 2.18. The average Bonchev–Trinajstić information content (AvgIpc) is 2.27. The third-order valence-corrected chi connectivity index (χ3v) is 3.52. The first-order chi connectivity index (χ1) is 7.06. The van der Waals surface area contributed by atoms with Crippen molar-refractivity contribution in [3.05, 3.63) is 0 Å². The van der Waals surface area contributed by atoms with Gasteiger partial charge in [-0.3, -0.25) is 9.69 Å². The number of carboxylic acid groups (broad SMARTS) is 1. The molecule has 4 heteroatoms. The molecule has 0 heterocycles. The third-order valence-electron chi connectivity index (χ3n) is 3.52. The van der Waals surface area contributed by atoms with E-state index < -0.39 is 12.0 Å². The molecule has 1 aliphatic carbocycles. The van der Waals surface area contributed by atoms with Crippen LogP contribution in [0.25, 0.3) is 0 Å². The van der Waals surface area contributed by atoms with E-state index in [9.17, 15) is 4.79 Å². The maximum atomic E-state index is 10.8. The first-order valence-electron chi connectivity index (χ1n) is 5.53. The van der Waals surface area contributed by atoms with Crippen LogP contribution in [-0.4, -0.2) is 48.3 Å². The number of ether oxygens (including phenoxy) is 1. The summed E-state index contributed by atoms with van der Waals surface area (Å²) in [6.45, 7) is 1.74. The van der Waals surface area contributed by atoms with Gasteiger partial charge in [0.1, 0.15) is 6.04 Å². The summed E-state index contributed by atoms with van der Waals surface area (Å²) in [4.78, 5) is 12.8. The highest BCUT2D eigenvalue weighted by Crippen LogP contribution is 2.25. The molecule has 15 heavy (non-hydrogen) atoms. The van der Waals surface area contributed by atoms with Gasteiger partial charge < -0.3 is 9.84 Å². The lowest BCUT2D eigenvalue weighted by molar-refractivity contribution is -0.143. The van der Waals surface area contributed by atoms with Crippen molar-refractivity contribution in [3.63, 3.8) is 0 Å². The minimum absolute atomic E-state index is 0.370. The molecule has 0 saturated heterocycles. The molecule has 0 aliphatic heterocycles. The van der Waals surface area contributed by atoms with E-state index >= 15 is 0 Å². The van der Waals surface area contributed by atoms with E-state index in [0.29, 0.717) is 12.1 Å². The van der Waals surface area contributed by atoms with Crippen LogP contribution < -0.4 is 0 Å². The number of carboxylic acids is 1. The van der Waals surface area contributed by atoms with Gasteiger partial charge in [0.15, 0.2) is 0 Å². The highest BCUT2D eigenvalue weighted by Gasteiger charge is 2.28. The maximum Gasteiger partial charge on any atom is 0.320 e. The molecular formula is C11H21NO3. The molecule has 1 aliphatic rings. The van der Waals surface area contributed by atoms with Crippen molar-refractivity contribution in [2.24, 2.45) is 0 Å². The molecule has 1 unspecified atom stereocenters. The summed E-state index contributed by atoms with van der Waals surface area (Å²) in [5.41, 5.74) is 0. The van der Waals surface area contributed by atoms with Gasteiger partial charge in [0.05, 0.1) is 6.10 Å². The Balaban J connectivity index is 2.42. The van der Waals surface area contributed by atoms with E-state index in [2.05, 4.69) is 0 Å². The molecule has 0 amide bonds. The van der Waals surface area contributed by atoms with Crippen LogP contribution in [-0.2, 0) is 9.53 Å². The molecule has 0 radical (unpaired) electrons. The standard InChI is InChI=1S/C11H21NO3/c1-8(11(13)14)12(2)9-4-6-10(15-3)7-5-9/h8-10H,4-7H2,1-3H3,(H,13,14). The Bertz CT molecular complexity index is 212. The Morgan fingerprint density at radius 1 is 1.40 bits per heavy atom. The summed E-state index contributed by atoms with van der Waals surface area (Å²) in [6.07, 6.45) is 4.52. The van der Waals surface area contributed by atoms with Gasteiger partial charge in [0.2, 0.25) is 0 Å². The monoisotopic (exact) mass is 215 g/mol. The van der Waals surface area contributed by atoms with Crippen molar-refractivity contribution in [3.8, 4) is 0 Å². The molecule has 1 fully saturated rings. The van der Waals surface area contributed by atoms with E-state index in [-0.39, 0.29) is 0 Å². The normalized spacial score (nSPS) is 29.1. The zero-order valence-corrected chi connectivity index (χ0v) is 9.77. The molecule has 0 aromatic carbocycles. The van der Waals surface area contributed by atoms with Crippen molar-refractivity contribution in [1.82, 2.24) is 4.90 Å². The average molecular weight is 215 g/mol. The summed E-state index contributed by atoms with van der Waals surface area (Å²) in [5.74, 6) is -0.744. The Hall–Kier alpha value is -0.610. The van der Waals surface area contributed by atoms with Gasteiger partial charge >= 0.3 is 5.97 Å². The quantitative estimate of drug-likeness (QED) is 0.769. The van der Waals surface area contributed by atoms with E-state index in [0.717, 1.165) is 25.7 Å². The second-order valence-corrected chi connectivity index (χ2v) is 4.35. The molecule has 0 aromatic heterocycles. The fraction of sp³-hybridized carbons (Fsp3) is 0.909. The smallest absolute Gasteiger partial charge is 0.320 e. The molecule has 4 nitrogen and oxygen atoms in total. The van der Waals surface area contributed by atoms with Gasteiger partial charge in [-0.1, -0.05) is 0 Å². The topological polar surface area (TPSA) is 49.8 Å². The van der Waals surface area contributed by atoms with Gasteiger partial charge in [0, 0.05) is 13.2 Å². The lowest BCUT2D eigenvalue weighted by Gasteiger charge is -2.36. The van der Waals surface area contributed by atoms with E-state index in [4.69, 9.17) is 9.84 Å². The maximum absolute atomic E-state index is 10.8. The largest absolute Gasteiger partial charge is 0.480 e. The number of methoxy groups -OCH3 is 1. The zero-order valence-electron chi connectivity index (χ0n) is 9.77. The van der Waals surface area contributed by atoms with Gasteiger partial charge in [-0.2, -0.15) is 0 Å². The number of carbonyl (C=O) groups is 1. The Labute approximate surface area is 91.2 Å². The Kier molecular flexibility index (Phi) is 4.54. The number of hydrogen-bond acceptors (Lipinski definition) is 3. The van der Waals surface area contributed by atoms with Gasteiger partial charge in [-0.05, 0) is 39.7 Å². The number of aliphatic carboxylic acids is 1. The SMILES string of the molecule is COC1CCC(N(C)C(C)C(=O)O)CC1. The van der Waals surface area contributed by atoms with Crippen molar-refractivity contribution < 1.29 is 14.6 Å². The summed E-state index contributed by atoms with van der Waals surface area (Å²) >= 11 is 0. The third kappa shape index (κ3) is 3.18. The second-order valence-electron chi connectivity index (χ2n) is 4.35. The van der Waals surface area contributed by atoms with Crippen molar-refractivity contribution in [1.29, 1.82) is 0 Å². The molecule has 1 saturated carbocycles. The van der Waals surface area contributed by atoms with E-state index in [1.807, 2.05) is 11.9 Å². The predicted molar refractivity (Wildman–Crippen MR) is 57.9 cm³/mol. The highest BCUT2D eigenvalue weighted by molar-refractivity contribution is 5.72. The van der Waals surface area contributed by atoms with Gasteiger partial charge in [-0.15, -0.1) is 0 Å². The predicted octanol–water partition coefficient (Wildman–Crippen LogP) is 1.35. The molecule has 1 N–H and O–H groups in total. The van der Waals surface area contributed by atoms with Gasteiger partial charge in [-0.25, -0.2) is 0 Å². The van der Waals surface area contributed by atoms with Crippen LogP contribution >= 0.6 is 0 Å². The van der Waals surface area contributed by atoms with Crippen LogP contribution in [0, 0.1) is 0 Å². The molecule has 88 valence electrons. The first-order valence-corrected chi connectivity index (χ1v) is 5.53. The van der Waals surface area contributed by atoms with Crippen molar-refractivity contribution in [2.45, 2.75) is 50.8 Å². The van der Waals surface area contributed by atoms with E-state index in [1.165, 1.54) is 0 Å². The Morgan fingerprint density at radius 2 is 1.93 bits per heavy atom. The van der Waals surface area contributed by atoms with Crippen LogP contribution in [0.5, 0.6) is 0 Å². The van der Waals surface area contributed by atoms with Crippen LogP contribution in [0.4, 0.5) is 0 Å². The van der Waals surface area contributed by atoms with Crippen LogP contribution in [0.3, 0.4) is 0 Å². The summed E-state index contributed by atoms with van der Waals surface area (Å²) in [7, 11) is 3.64. The molecule has 0 spiro atoms. The van der Waals surface area contributed by atoms with Crippen LogP contribution in [0.15, 0.2) is 0 Å². The van der Waals surface area contributed by atoms with Crippen LogP contribution in [0.1, 0.15) is 32.6 Å². The fourth-order valence-electron chi connectivity index (χ4n) is 2.18. The zero-order chi connectivity index (χ0) is 11.4. The summed E-state index contributed by atoms with van der Waals surface area (Å²) in [6, 6.07) is -0.00315. The summed E-state index contributed by atoms with van der Waals surface area (Å²) in [5, 5.41) is 8.91. The second kappa shape index (κ2) is 5.47. The lowest BCUT2D eigenvalue weighted by Crippen LogP contribution is -2.45. The molecule has 1 rings (SSSR count). The molecular weight excluding hydrogens is 194 g/mol. The molecule has 1 atom stereocenters. The van der Waals surface area contributed by atoms with Crippen LogP contribution in [0.2, 0.25) is 0 Å². The van der Waals surface area contributed by atoms with Gasteiger partial charge in [0.25, 0.3) is 0 Å². The Morgan fingerprint density at radius 3 is 2.33 bits per heavy atom. The number of hydrogen-bond donors (Lipinski definition) is 1. The van der Waals surface area contributed by atoms with Crippen molar-refractivity contribution >= 4 is 5.97 Å². The summed E-state index contributed by atoms with van der Waals surface area (Å²) < 4.78 is 5.29. The first kappa shape index (κ1) is 12.5. The van der Waals surface area contributed by atoms with Crippen molar-refractivity contribution in [2.75, 3.05) is 14.2 Å². The number of nitrogens with zero attached hydrogens (tertiary/aromatic N) is 1. The number of likely N-dealkylation sites (N-methyl/N-ethyl adjacent to an activating group) is 1.